The van der Waals surface area contributed by atoms with Crippen molar-refractivity contribution >= 4 is 69.1 Å². The van der Waals surface area contributed by atoms with E-state index in [1.54, 1.807) is 0 Å². The van der Waals surface area contributed by atoms with Crippen LogP contribution < -0.4 is 16.4 Å². The molecule has 24 nitrogen and oxygen atoms in total. The summed E-state index contributed by atoms with van der Waals surface area (Å²) in [5.74, 6) is -1.04. The van der Waals surface area contributed by atoms with Crippen molar-refractivity contribution in [2.24, 2.45) is 5.41 Å². The fraction of sp³-hybridized carbons (Fsp3) is 0.692. The van der Waals surface area contributed by atoms with Gasteiger partial charge in [-0.2, -0.15) is 4.31 Å². The smallest absolute Gasteiger partial charge is 0.386 e. The molecule has 380 valence electrons. The van der Waals surface area contributed by atoms with E-state index in [4.69, 9.17) is 19.5 Å². The van der Waals surface area contributed by atoms with Crippen molar-refractivity contribution in [1.82, 2.24) is 30.2 Å². The molecule has 0 spiro atoms. The number of anilines is 1. The maximum Gasteiger partial charge on any atom is 0.481 e. The van der Waals surface area contributed by atoms with Crippen molar-refractivity contribution in [2.45, 2.75) is 135 Å². The van der Waals surface area contributed by atoms with Crippen LogP contribution in [0.5, 0.6) is 0 Å². The number of fused-ring (bicyclic) bond motifs is 1. The number of aliphatic hydroxyl groups is 2. The van der Waals surface area contributed by atoms with E-state index < -0.39 is 84.6 Å². The van der Waals surface area contributed by atoms with Gasteiger partial charge in [0, 0.05) is 37.1 Å². The van der Waals surface area contributed by atoms with Crippen molar-refractivity contribution in [3.05, 3.63) is 37.0 Å². The number of nitrogen functional groups attached to an aromatic ring is 1. The Labute approximate surface area is 393 Å². The number of ether oxygens (including phenoxy) is 1. The van der Waals surface area contributed by atoms with Gasteiger partial charge in [-0.15, -0.1) is 0 Å². The summed E-state index contributed by atoms with van der Waals surface area (Å²) >= 11 is 1.14. The van der Waals surface area contributed by atoms with Gasteiger partial charge in [0.2, 0.25) is 11.8 Å². The number of nitrogens with zero attached hydrogens (tertiary/aromatic N) is 4. The number of nitrogens with one attached hydrogen (secondary N) is 2. The highest BCUT2D eigenvalue weighted by Gasteiger charge is 2.50. The first-order valence-corrected chi connectivity index (χ1v) is 27.4. The first kappa shape index (κ1) is 58.4. The third-order valence-corrected chi connectivity index (χ3v) is 14.2. The minimum absolute atomic E-state index is 0.0322. The molecule has 1 saturated heterocycles. The van der Waals surface area contributed by atoms with Crippen LogP contribution in [0.3, 0.4) is 0 Å². The molecule has 10 N–H and O–H groups in total. The molecule has 3 rings (SSSR count). The molecule has 1 aliphatic rings. The van der Waals surface area contributed by atoms with Gasteiger partial charge >= 0.3 is 23.5 Å². The summed E-state index contributed by atoms with van der Waals surface area (Å²) in [5.41, 5.74) is 4.28. The standard InChI is InChI=1S/C39H66N7O17P3S/c1-4-5-6-7-8-9-10-11-12-13-14-15-16-17-18-19-30(48)67-23-22-41-29(47)20-21-42-37(51)34(50)39(2,3)25-60-66(57,58)63-65(55,56)59-24-28-33(62-64(52,53)54)32(49)38(61-28)46-27-45-31-35(40)43-26-44-36(31)46/h9-12,26-28,32-34,38,49-50H,4-8,13-25H2,1-3H3,(H,41,47)(H,42,51)(H,55,56)(H,57,58)(H2,40,43,44)(H2,52,53,54)/b10-9-,12-11-/t28-,32-,33-,34+,38-/m1/s1. The van der Waals surface area contributed by atoms with Crippen molar-refractivity contribution in [1.29, 1.82) is 0 Å². The molecule has 2 unspecified atom stereocenters. The predicted octanol–water partition coefficient (Wildman–Crippen LogP) is 4.48. The molecule has 2 aromatic heterocycles. The number of nitrogens with two attached hydrogens (primary N) is 1. The molecule has 1 aliphatic heterocycles. The summed E-state index contributed by atoms with van der Waals surface area (Å²) in [6.07, 6.45) is 14.6. The molecular weight excluding hydrogens is 963 g/mol. The van der Waals surface area contributed by atoms with Crippen LogP contribution in [0.2, 0.25) is 0 Å². The van der Waals surface area contributed by atoms with Gasteiger partial charge in [-0.1, -0.05) is 95.4 Å². The van der Waals surface area contributed by atoms with Gasteiger partial charge in [0.1, 0.15) is 36.3 Å². The second-order valence-electron chi connectivity index (χ2n) is 16.3. The Bertz CT molecular complexity index is 2090. The van der Waals surface area contributed by atoms with E-state index in [0.29, 0.717) is 12.2 Å². The lowest BCUT2D eigenvalue weighted by atomic mass is 9.87. The number of unbranched alkanes of at least 4 members (excludes halogenated alkanes) is 9. The molecular formula is C39H66N7O17P3S. The third kappa shape index (κ3) is 21.7. The van der Waals surface area contributed by atoms with Gasteiger partial charge in [0.15, 0.2) is 22.8 Å². The van der Waals surface area contributed by atoms with Crippen LogP contribution in [0.1, 0.15) is 110 Å². The maximum atomic E-state index is 12.7. The number of amides is 2. The summed E-state index contributed by atoms with van der Waals surface area (Å²) in [6, 6.07) is 0. The zero-order valence-corrected chi connectivity index (χ0v) is 41.4. The quantitative estimate of drug-likeness (QED) is 0.0270. The Hall–Kier alpha value is -2.96. The van der Waals surface area contributed by atoms with E-state index in [0.717, 1.165) is 73.9 Å². The minimum atomic E-state index is -5.58. The van der Waals surface area contributed by atoms with E-state index in [-0.39, 0.29) is 41.6 Å². The van der Waals surface area contributed by atoms with Crippen LogP contribution in [0.25, 0.3) is 11.2 Å². The molecule has 0 bridgehead atoms. The van der Waals surface area contributed by atoms with Gasteiger partial charge in [-0.25, -0.2) is 28.6 Å². The Kier molecular flexibility index (Phi) is 24.9. The van der Waals surface area contributed by atoms with E-state index in [1.807, 2.05) is 0 Å². The average Bonchev–Trinajstić information content (AvgIpc) is 3.81. The average molecular weight is 1030 g/mol. The summed E-state index contributed by atoms with van der Waals surface area (Å²) in [6.45, 7) is 2.76. The molecule has 28 heteroatoms. The van der Waals surface area contributed by atoms with E-state index in [2.05, 4.69) is 65.6 Å². The molecule has 0 aliphatic carbocycles. The Balaban J connectivity index is 1.31. The van der Waals surface area contributed by atoms with E-state index in [9.17, 15) is 57.9 Å². The monoisotopic (exact) mass is 1030 g/mol. The molecule has 0 saturated carbocycles. The molecule has 67 heavy (non-hydrogen) atoms. The van der Waals surface area contributed by atoms with Gasteiger partial charge in [0.25, 0.3) is 0 Å². The largest absolute Gasteiger partial charge is 0.481 e. The zero-order valence-electron chi connectivity index (χ0n) is 37.9. The highest BCUT2D eigenvalue weighted by Crippen LogP contribution is 2.61. The molecule has 2 amide bonds. The SMILES string of the molecule is CCCCCC/C=C\C=C/CCCCCCCC(=O)SCCNC(=O)CCNC(=O)[C@H](O)C(C)(C)COP(=O)(O)OP(=O)(O)OC[C@H]1O[C@@H](n2cnc3c(N)ncnc32)[C@H](O)[C@@H]1OP(=O)(O)O. The first-order valence-electron chi connectivity index (χ1n) is 21.9. The molecule has 3 heterocycles. The normalized spacial score (nSPS) is 20.3. The Morgan fingerprint density at radius 2 is 1.55 bits per heavy atom. The second kappa shape index (κ2) is 28.6. The van der Waals surface area contributed by atoms with Crippen molar-refractivity contribution in [3.8, 4) is 0 Å². The lowest BCUT2D eigenvalue weighted by Gasteiger charge is -2.30. The fourth-order valence-electron chi connectivity index (χ4n) is 6.47. The van der Waals surface area contributed by atoms with E-state index >= 15 is 0 Å². The lowest BCUT2D eigenvalue weighted by Crippen LogP contribution is -2.46. The number of carbonyl (C=O) groups is 3. The molecule has 7 atom stereocenters. The highest BCUT2D eigenvalue weighted by molar-refractivity contribution is 8.13. The van der Waals surface area contributed by atoms with Gasteiger partial charge < -0.3 is 50.9 Å². The summed E-state index contributed by atoms with van der Waals surface area (Å²) < 4.78 is 62.4. The van der Waals surface area contributed by atoms with Crippen molar-refractivity contribution in [2.75, 3.05) is 37.8 Å². The first-order chi connectivity index (χ1) is 31.6. The van der Waals surface area contributed by atoms with Gasteiger partial charge in [-0.05, 0) is 32.1 Å². The van der Waals surface area contributed by atoms with E-state index in [1.165, 1.54) is 39.5 Å². The van der Waals surface area contributed by atoms with Crippen LogP contribution >= 0.6 is 35.2 Å². The Morgan fingerprint density at radius 3 is 2.22 bits per heavy atom. The number of allylic oxidation sites excluding steroid dienone is 4. The molecule has 1 fully saturated rings. The van der Waals surface area contributed by atoms with Crippen molar-refractivity contribution in [3.63, 3.8) is 0 Å². The molecule has 2 aromatic rings. The lowest BCUT2D eigenvalue weighted by molar-refractivity contribution is -0.137. The number of carbonyl (C=O) groups excluding carboxylic acids is 3. The van der Waals surface area contributed by atoms with Crippen molar-refractivity contribution < 1.29 is 80.5 Å². The zero-order chi connectivity index (χ0) is 49.7. The number of phosphoric ester groups is 3. The Morgan fingerprint density at radius 1 is 0.910 bits per heavy atom. The maximum absolute atomic E-state index is 12.7. The van der Waals surface area contributed by atoms with Gasteiger partial charge in [0.05, 0.1) is 19.5 Å². The number of aromatic nitrogens is 4. The second-order valence-corrected chi connectivity index (χ2v) is 21.7. The highest BCUT2D eigenvalue weighted by atomic mass is 32.2. The molecule has 0 radical (unpaired) electrons. The number of imidazole rings is 1. The molecule has 0 aromatic carbocycles. The summed E-state index contributed by atoms with van der Waals surface area (Å²) in [4.78, 5) is 88.3. The number of phosphoric acid groups is 3. The third-order valence-electron chi connectivity index (χ3n) is 10.1. The number of hydrogen-bond acceptors (Lipinski definition) is 18. The minimum Gasteiger partial charge on any atom is -0.386 e. The van der Waals surface area contributed by atoms with Gasteiger partial charge in [-0.3, -0.25) is 32.5 Å². The fourth-order valence-corrected chi connectivity index (χ4v) is 10.0. The number of thioether (sulfide) groups is 1. The summed E-state index contributed by atoms with van der Waals surface area (Å²) in [7, 11) is -16.4. The van der Waals surface area contributed by atoms with Crippen LogP contribution in [-0.2, 0) is 50.7 Å². The van der Waals surface area contributed by atoms with Crippen LogP contribution in [0, 0.1) is 5.41 Å². The number of aliphatic hydroxyl groups excluding tert-OH is 2. The predicted molar refractivity (Wildman–Crippen MR) is 246 cm³/mol. The topological polar surface area (TPSA) is 364 Å². The van der Waals surface area contributed by atoms with Crippen LogP contribution in [-0.4, -0.2) is 123 Å². The summed E-state index contributed by atoms with van der Waals surface area (Å²) in [5, 5.41) is 26.6. The number of rotatable bonds is 33. The number of hydrogen-bond donors (Lipinski definition) is 9. The van der Waals surface area contributed by atoms with Crippen LogP contribution in [0.4, 0.5) is 5.82 Å². The van der Waals surface area contributed by atoms with Crippen LogP contribution in [0.15, 0.2) is 37.0 Å².